The number of halogens is 2. The zero-order chi connectivity index (χ0) is 13.7. The smallest absolute Gasteiger partial charge is 0.313 e. The molecule has 0 aromatic heterocycles. The molecule has 0 atom stereocenters. The molecule has 0 spiro atoms. The fraction of sp³-hybridized carbons (Fsp3) is 0. The van der Waals surface area contributed by atoms with E-state index >= 15 is 0 Å². The normalized spacial score (nSPS) is 10.6. The molecule has 0 aliphatic heterocycles. The molecule has 96 valence electrons. The molecular formula is C14H9ClFNO2. The zero-order valence-electron chi connectivity index (χ0n) is 9.72. The van der Waals surface area contributed by atoms with E-state index in [-0.39, 0.29) is 5.56 Å². The average molecular weight is 278 g/mol. The van der Waals surface area contributed by atoms with Crippen LogP contribution in [0.1, 0.15) is 15.9 Å². The Morgan fingerprint density at radius 2 is 1.84 bits per heavy atom. The summed E-state index contributed by atoms with van der Waals surface area (Å²) in [5.74, 6) is -1.08. The molecule has 2 aromatic rings. The van der Waals surface area contributed by atoms with Crippen LogP contribution < -0.4 is 0 Å². The second kappa shape index (κ2) is 6.11. The van der Waals surface area contributed by atoms with Gasteiger partial charge in [0.2, 0.25) is 0 Å². The lowest BCUT2D eigenvalue weighted by Gasteiger charge is -1.98. The summed E-state index contributed by atoms with van der Waals surface area (Å²) in [5.41, 5.74) is 0.855. The highest BCUT2D eigenvalue weighted by Gasteiger charge is 2.06. The third kappa shape index (κ3) is 3.63. The van der Waals surface area contributed by atoms with Crippen molar-refractivity contribution >= 4 is 23.8 Å². The van der Waals surface area contributed by atoms with Crippen molar-refractivity contribution in [3.05, 3.63) is 70.5 Å². The van der Waals surface area contributed by atoms with Crippen LogP contribution >= 0.6 is 11.6 Å². The summed E-state index contributed by atoms with van der Waals surface area (Å²) in [6, 6.07) is 12.0. The Labute approximate surface area is 114 Å². The highest BCUT2D eigenvalue weighted by atomic mass is 35.5. The molecule has 0 aliphatic rings. The molecule has 0 saturated carbocycles. The van der Waals surface area contributed by atoms with Crippen LogP contribution in [-0.2, 0) is 4.84 Å². The van der Waals surface area contributed by atoms with Crippen molar-refractivity contribution in [1.82, 2.24) is 0 Å². The van der Waals surface area contributed by atoms with Gasteiger partial charge in [-0.25, -0.2) is 9.18 Å². The minimum absolute atomic E-state index is 0.220. The van der Waals surface area contributed by atoms with Crippen LogP contribution in [0.3, 0.4) is 0 Å². The van der Waals surface area contributed by atoms with E-state index in [4.69, 9.17) is 11.6 Å². The van der Waals surface area contributed by atoms with E-state index in [9.17, 15) is 9.18 Å². The average Bonchev–Trinajstić information content (AvgIpc) is 2.41. The summed E-state index contributed by atoms with van der Waals surface area (Å²) in [7, 11) is 0. The zero-order valence-corrected chi connectivity index (χ0v) is 10.5. The van der Waals surface area contributed by atoms with E-state index < -0.39 is 11.8 Å². The number of rotatable bonds is 3. The molecule has 3 nitrogen and oxygen atoms in total. The first-order chi connectivity index (χ1) is 9.16. The topological polar surface area (TPSA) is 38.7 Å². The molecule has 0 aliphatic carbocycles. The molecule has 0 N–H and O–H groups in total. The molecule has 5 heteroatoms. The van der Waals surface area contributed by atoms with Crippen molar-refractivity contribution in [1.29, 1.82) is 0 Å². The Balaban J connectivity index is 2.01. The van der Waals surface area contributed by atoms with Gasteiger partial charge in [-0.15, -0.1) is 0 Å². The molecule has 0 saturated heterocycles. The lowest BCUT2D eigenvalue weighted by molar-refractivity contribution is 0.0519. The molecule has 19 heavy (non-hydrogen) atoms. The standard InChI is InChI=1S/C14H9ClFNO2/c15-13-4-2-1-3-11(13)9-17-19-14(18)10-5-7-12(16)8-6-10/h1-9H. The van der Waals surface area contributed by atoms with Gasteiger partial charge in [-0.2, -0.15) is 0 Å². The minimum atomic E-state index is -0.664. The Kier molecular flexibility index (Phi) is 4.26. The van der Waals surface area contributed by atoms with Gasteiger partial charge >= 0.3 is 5.97 Å². The number of carbonyl (C=O) groups is 1. The van der Waals surface area contributed by atoms with Gasteiger partial charge in [0, 0.05) is 10.6 Å². The summed E-state index contributed by atoms with van der Waals surface area (Å²) < 4.78 is 12.7. The number of hydrogen-bond acceptors (Lipinski definition) is 3. The number of carbonyl (C=O) groups excluding carboxylic acids is 1. The van der Waals surface area contributed by atoms with Crippen molar-refractivity contribution in [2.24, 2.45) is 5.16 Å². The molecule has 0 bridgehead atoms. The monoisotopic (exact) mass is 277 g/mol. The third-order valence-electron chi connectivity index (χ3n) is 2.31. The highest BCUT2D eigenvalue weighted by molar-refractivity contribution is 6.33. The second-order valence-electron chi connectivity index (χ2n) is 3.64. The predicted molar refractivity (Wildman–Crippen MR) is 70.9 cm³/mol. The molecule has 0 radical (unpaired) electrons. The molecule has 0 heterocycles. The molecule has 0 unspecified atom stereocenters. The molecule has 2 rings (SSSR count). The van der Waals surface area contributed by atoms with Crippen LogP contribution in [0.5, 0.6) is 0 Å². The maximum absolute atomic E-state index is 12.7. The van der Waals surface area contributed by atoms with E-state index in [0.717, 1.165) is 0 Å². The first kappa shape index (κ1) is 13.2. The summed E-state index contributed by atoms with van der Waals surface area (Å²) in [6.07, 6.45) is 1.34. The van der Waals surface area contributed by atoms with Gasteiger partial charge in [-0.05, 0) is 30.3 Å². The summed E-state index contributed by atoms with van der Waals surface area (Å²) in [6.45, 7) is 0. The van der Waals surface area contributed by atoms with Crippen LogP contribution in [0.4, 0.5) is 4.39 Å². The Bertz CT molecular complexity index is 611. The van der Waals surface area contributed by atoms with Gasteiger partial charge in [-0.1, -0.05) is 35.0 Å². The molecule has 0 amide bonds. The van der Waals surface area contributed by atoms with Crippen LogP contribution in [-0.4, -0.2) is 12.2 Å². The van der Waals surface area contributed by atoms with Crippen molar-refractivity contribution in [3.63, 3.8) is 0 Å². The number of benzene rings is 2. The summed E-state index contributed by atoms with van der Waals surface area (Å²) >= 11 is 5.90. The maximum Gasteiger partial charge on any atom is 0.365 e. The highest BCUT2D eigenvalue weighted by Crippen LogP contribution is 2.12. The number of hydrogen-bond donors (Lipinski definition) is 0. The van der Waals surface area contributed by atoms with E-state index in [1.54, 1.807) is 24.3 Å². The van der Waals surface area contributed by atoms with Crippen molar-refractivity contribution < 1.29 is 14.0 Å². The number of nitrogens with zero attached hydrogens (tertiary/aromatic N) is 1. The van der Waals surface area contributed by atoms with Gasteiger partial charge in [0.25, 0.3) is 0 Å². The SMILES string of the molecule is O=C(ON=Cc1ccccc1Cl)c1ccc(F)cc1. The Hall–Kier alpha value is -2.20. The Morgan fingerprint density at radius 3 is 2.53 bits per heavy atom. The third-order valence-corrected chi connectivity index (χ3v) is 2.66. The number of oxime groups is 1. The van der Waals surface area contributed by atoms with Crippen LogP contribution in [0, 0.1) is 5.82 Å². The Morgan fingerprint density at radius 1 is 1.16 bits per heavy atom. The first-order valence-electron chi connectivity index (χ1n) is 5.41. The first-order valence-corrected chi connectivity index (χ1v) is 5.79. The van der Waals surface area contributed by atoms with E-state index in [1.165, 1.54) is 30.5 Å². The van der Waals surface area contributed by atoms with Crippen molar-refractivity contribution in [2.75, 3.05) is 0 Å². The quantitative estimate of drug-likeness (QED) is 0.488. The van der Waals surface area contributed by atoms with E-state index in [0.29, 0.717) is 10.6 Å². The van der Waals surface area contributed by atoms with E-state index in [1.807, 2.05) is 0 Å². The van der Waals surface area contributed by atoms with Gasteiger partial charge in [0.1, 0.15) is 5.82 Å². The molecule has 0 fully saturated rings. The molecular weight excluding hydrogens is 269 g/mol. The molecule has 2 aromatic carbocycles. The summed E-state index contributed by atoms with van der Waals surface area (Å²) in [4.78, 5) is 16.2. The van der Waals surface area contributed by atoms with Gasteiger partial charge in [-0.3, -0.25) is 0 Å². The maximum atomic E-state index is 12.7. The second-order valence-corrected chi connectivity index (χ2v) is 4.05. The van der Waals surface area contributed by atoms with Gasteiger partial charge in [0.15, 0.2) is 0 Å². The lowest BCUT2D eigenvalue weighted by atomic mass is 10.2. The van der Waals surface area contributed by atoms with E-state index in [2.05, 4.69) is 9.99 Å². The van der Waals surface area contributed by atoms with Crippen LogP contribution in [0.25, 0.3) is 0 Å². The fourth-order valence-electron chi connectivity index (χ4n) is 1.35. The fourth-order valence-corrected chi connectivity index (χ4v) is 1.53. The lowest BCUT2D eigenvalue weighted by Crippen LogP contribution is -2.01. The van der Waals surface area contributed by atoms with Crippen LogP contribution in [0.2, 0.25) is 5.02 Å². The van der Waals surface area contributed by atoms with Crippen molar-refractivity contribution in [2.45, 2.75) is 0 Å². The largest absolute Gasteiger partial charge is 0.365 e. The summed E-state index contributed by atoms with van der Waals surface area (Å²) in [5, 5.41) is 4.05. The van der Waals surface area contributed by atoms with Gasteiger partial charge in [0.05, 0.1) is 11.8 Å². The van der Waals surface area contributed by atoms with Crippen molar-refractivity contribution in [3.8, 4) is 0 Å². The van der Waals surface area contributed by atoms with Crippen LogP contribution in [0.15, 0.2) is 53.7 Å². The predicted octanol–water partition coefficient (Wildman–Crippen LogP) is 3.67. The minimum Gasteiger partial charge on any atom is -0.313 e. The van der Waals surface area contributed by atoms with Gasteiger partial charge < -0.3 is 4.84 Å².